The zero-order valence-corrected chi connectivity index (χ0v) is 19.8. The highest BCUT2D eigenvalue weighted by Gasteiger charge is 2.35. The topological polar surface area (TPSA) is 92.6 Å². The molecule has 1 N–H and O–H groups in total. The Balaban J connectivity index is 1.73. The van der Waals surface area contributed by atoms with E-state index >= 15 is 0 Å². The summed E-state index contributed by atoms with van der Waals surface area (Å²) in [5.41, 5.74) is 0.659. The van der Waals surface area contributed by atoms with Crippen molar-refractivity contribution in [2.75, 3.05) is 4.90 Å². The number of thiocarbonyl (C=S) groups is 1. The highest BCUT2D eigenvalue weighted by atomic mass is 35.5. The second-order valence-electron chi connectivity index (χ2n) is 7.79. The van der Waals surface area contributed by atoms with Gasteiger partial charge in [-0.2, -0.15) is 0 Å². The van der Waals surface area contributed by atoms with Gasteiger partial charge in [-0.25, -0.2) is 0 Å². The molecule has 0 atom stereocenters. The normalized spacial score (nSPS) is 18.5. The Hall–Kier alpha value is -2.75. The molecule has 33 heavy (non-hydrogen) atoms. The van der Waals surface area contributed by atoms with Gasteiger partial charge >= 0.3 is 0 Å². The van der Waals surface area contributed by atoms with Crippen LogP contribution in [-0.2, 0) is 9.59 Å². The van der Waals surface area contributed by atoms with Crippen LogP contribution >= 0.6 is 35.6 Å². The molecule has 7 nitrogen and oxygen atoms in total. The van der Waals surface area contributed by atoms with Crippen LogP contribution in [0.1, 0.15) is 37.7 Å². The molecule has 0 radical (unpaired) electrons. The minimum Gasteiger partial charge on any atom is -0.298 e. The fourth-order valence-electron chi connectivity index (χ4n) is 3.87. The van der Waals surface area contributed by atoms with Gasteiger partial charge in [0.1, 0.15) is 5.57 Å². The van der Waals surface area contributed by atoms with Gasteiger partial charge in [0.25, 0.3) is 17.5 Å². The Morgan fingerprint density at radius 2 is 1.82 bits per heavy atom. The standard InChI is InChI=1S/C23H20ClN3O4S2/c24-15-6-8-16(9-7-15)26-22(29)19(21(28)25-23(26)32)13-14-12-17(27(30)31)10-11-20(14)33-18-4-2-1-3-5-18/h6-13,18H,1-5H2,(H,25,28,32)/b19-13+. The van der Waals surface area contributed by atoms with Gasteiger partial charge in [-0.05, 0) is 67.0 Å². The smallest absolute Gasteiger partial charge is 0.270 e. The summed E-state index contributed by atoms with van der Waals surface area (Å²) in [4.78, 5) is 38.9. The number of nitrogens with zero attached hydrogens (tertiary/aromatic N) is 2. The number of halogens is 1. The third kappa shape index (κ3) is 5.26. The number of benzene rings is 2. The Morgan fingerprint density at radius 3 is 2.48 bits per heavy atom. The molecule has 2 aromatic rings. The summed E-state index contributed by atoms with van der Waals surface area (Å²) in [5.74, 6) is -1.25. The van der Waals surface area contributed by atoms with Crippen LogP contribution < -0.4 is 10.2 Å². The van der Waals surface area contributed by atoms with Crippen LogP contribution in [0.5, 0.6) is 0 Å². The first-order chi connectivity index (χ1) is 15.8. The molecule has 0 unspecified atom stereocenters. The monoisotopic (exact) mass is 501 g/mol. The summed E-state index contributed by atoms with van der Waals surface area (Å²) in [7, 11) is 0. The van der Waals surface area contributed by atoms with Crippen LogP contribution in [0.25, 0.3) is 6.08 Å². The molecule has 4 rings (SSSR count). The van der Waals surface area contributed by atoms with Gasteiger partial charge in [0, 0.05) is 27.3 Å². The SMILES string of the molecule is O=C1NC(=S)N(c2ccc(Cl)cc2)C(=O)/C1=C/c1cc([N+](=O)[O-])ccc1SC1CCCCC1. The molecular formula is C23H20ClN3O4S2. The van der Waals surface area contributed by atoms with Crippen molar-refractivity contribution in [3.05, 3.63) is 68.7 Å². The first-order valence-corrected chi connectivity index (χ1v) is 12.1. The number of nitro groups is 1. The van der Waals surface area contributed by atoms with Crippen molar-refractivity contribution in [3.63, 3.8) is 0 Å². The highest BCUT2D eigenvalue weighted by molar-refractivity contribution is 8.00. The molecule has 170 valence electrons. The first kappa shape index (κ1) is 23.4. The fourth-order valence-corrected chi connectivity index (χ4v) is 5.61. The fraction of sp³-hybridized carbons (Fsp3) is 0.261. The lowest BCUT2D eigenvalue weighted by Crippen LogP contribution is -2.54. The third-order valence-corrected chi connectivity index (χ3v) is 7.50. The van der Waals surface area contributed by atoms with Crippen molar-refractivity contribution in [2.45, 2.75) is 42.2 Å². The summed E-state index contributed by atoms with van der Waals surface area (Å²) in [6.45, 7) is 0. The number of rotatable bonds is 5. The van der Waals surface area contributed by atoms with E-state index in [9.17, 15) is 19.7 Å². The Labute approximate surface area is 205 Å². The molecule has 1 heterocycles. The quantitative estimate of drug-likeness (QED) is 0.191. The van der Waals surface area contributed by atoms with Crippen LogP contribution in [0.15, 0.2) is 52.9 Å². The van der Waals surface area contributed by atoms with Crippen molar-refractivity contribution < 1.29 is 14.5 Å². The van der Waals surface area contributed by atoms with E-state index < -0.39 is 16.7 Å². The van der Waals surface area contributed by atoms with E-state index in [1.165, 1.54) is 29.5 Å². The molecule has 2 aliphatic rings. The van der Waals surface area contributed by atoms with Gasteiger partial charge in [-0.1, -0.05) is 30.9 Å². The Kier molecular flexibility index (Phi) is 7.11. The number of carbonyl (C=O) groups is 2. The van der Waals surface area contributed by atoms with E-state index in [-0.39, 0.29) is 16.4 Å². The molecule has 2 amide bonds. The molecule has 1 saturated heterocycles. The van der Waals surface area contributed by atoms with Crippen molar-refractivity contribution in [2.24, 2.45) is 0 Å². The maximum Gasteiger partial charge on any atom is 0.270 e. The highest BCUT2D eigenvalue weighted by Crippen LogP contribution is 2.37. The number of hydrogen-bond acceptors (Lipinski definition) is 6. The number of nitro benzene ring substituents is 1. The Bertz CT molecular complexity index is 1160. The van der Waals surface area contributed by atoms with Crippen molar-refractivity contribution in [1.82, 2.24) is 5.32 Å². The van der Waals surface area contributed by atoms with E-state index in [0.29, 0.717) is 21.5 Å². The van der Waals surface area contributed by atoms with E-state index in [2.05, 4.69) is 5.32 Å². The van der Waals surface area contributed by atoms with Crippen LogP contribution in [0.3, 0.4) is 0 Å². The van der Waals surface area contributed by atoms with Crippen LogP contribution in [0.4, 0.5) is 11.4 Å². The maximum absolute atomic E-state index is 13.3. The number of nitrogens with one attached hydrogen (secondary N) is 1. The average Bonchev–Trinajstić information content (AvgIpc) is 2.79. The van der Waals surface area contributed by atoms with Gasteiger partial charge < -0.3 is 0 Å². The predicted molar refractivity (Wildman–Crippen MR) is 133 cm³/mol. The average molecular weight is 502 g/mol. The largest absolute Gasteiger partial charge is 0.298 e. The molecular weight excluding hydrogens is 482 g/mol. The lowest BCUT2D eigenvalue weighted by atomic mass is 10.0. The number of hydrogen-bond donors (Lipinski definition) is 1. The zero-order chi connectivity index (χ0) is 23.5. The molecule has 1 aliphatic heterocycles. The lowest BCUT2D eigenvalue weighted by Gasteiger charge is -2.29. The van der Waals surface area contributed by atoms with Crippen LogP contribution in [0, 0.1) is 10.1 Å². The van der Waals surface area contributed by atoms with Gasteiger partial charge in [0.2, 0.25) is 0 Å². The predicted octanol–water partition coefficient (Wildman–Crippen LogP) is 5.50. The number of carbonyl (C=O) groups excluding carboxylic acids is 2. The summed E-state index contributed by atoms with van der Waals surface area (Å²) < 4.78 is 0. The Morgan fingerprint density at radius 1 is 1.12 bits per heavy atom. The van der Waals surface area contributed by atoms with Crippen molar-refractivity contribution in [1.29, 1.82) is 0 Å². The van der Waals surface area contributed by atoms with Gasteiger partial charge in [-0.15, -0.1) is 11.8 Å². The van der Waals surface area contributed by atoms with Crippen molar-refractivity contribution >= 4 is 70.0 Å². The lowest BCUT2D eigenvalue weighted by molar-refractivity contribution is -0.384. The first-order valence-electron chi connectivity index (χ1n) is 10.5. The minimum absolute atomic E-state index is 0.0414. The van der Waals surface area contributed by atoms with Gasteiger partial charge in [0.15, 0.2) is 5.11 Å². The van der Waals surface area contributed by atoms with Crippen LogP contribution in [0.2, 0.25) is 5.02 Å². The van der Waals surface area contributed by atoms with E-state index in [0.717, 1.165) is 30.6 Å². The van der Waals surface area contributed by atoms with E-state index in [1.807, 2.05) is 0 Å². The van der Waals surface area contributed by atoms with E-state index in [4.69, 9.17) is 23.8 Å². The second kappa shape index (κ2) is 10.0. The molecule has 10 heteroatoms. The summed E-state index contributed by atoms with van der Waals surface area (Å²) >= 11 is 12.8. The molecule has 1 saturated carbocycles. The molecule has 0 bridgehead atoms. The van der Waals surface area contributed by atoms with Crippen LogP contribution in [-0.4, -0.2) is 27.1 Å². The molecule has 2 aromatic carbocycles. The van der Waals surface area contributed by atoms with Crippen molar-refractivity contribution in [3.8, 4) is 0 Å². The number of anilines is 1. The summed E-state index contributed by atoms with van der Waals surface area (Å²) in [6.07, 6.45) is 7.06. The van der Waals surface area contributed by atoms with Gasteiger partial charge in [-0.3, -0.25) is 29.9 Å². The number of amides is 2. The second-order valence-corrected chi connectivity index (χ2v) is 9.96. The number of thioether (sulfide) groups is 1. The summed E-state index contributed by atoms with van der Waals surface area (Å²) in [5, 5.41) is 14.8. The van der Waals surface area contributed by atoms with Gasteiger partial charge in [0.05, 0.1) is 10.6 Å². The minimum atomic E-state index is -0.643. The molecule has 2 fully saturated rings. The maximum atomic E-state index is 13.3. The molecule has 0 spiro atoms. The number of non-ortho nitro benzene ring substituents is 1. The van der Waals surface area contributed by atoms with E-state index in [1.54, 1.807) is 42.1 Å². The third-order valence-electron chi connectivity index (χ3n) is 5.54. The summed E-state index contributed by atoms with van der Waals surface area (Å²) in [6, 6.07) is 11.0. The zero-order valence-electron chi connectivity index (χ0n) is 17.5. The molecule has 1 aliphatic carbocycles. The molecule has 0 aromatic heterocycles.